The molecule has 4 rings (SSSR count). The fourth-order valence-corrected chi connectivity index (χ4v) is 2.85. The lowest BCUT2D eigenvalue weighted by Crippen LogP contribution is -2.00. The molecule has 0 spiro atoms. The molecule has 0 amide bonds. The van der Waals surface area contributed by atoms with Gasteiger partial charge in [0.1, 0.15) is 17.1 Å². The quantitative estimate of drug-likeness (QED) is 0.367. The molecule has 4 heteroatoms. The van der Waals surface area contributed by atoms with Crippen molar-refractivity contribution in [3.8, 4) is 28.2 Å². The minimum atomic E-state index is 0.223. The van der Waals surface area contributed by atoms with E-state index in [0.717, 1.165) is 22.1 Å². The number of nitrogens with two attached hydrogens (primary N) is 1. The van der Waals surface area contributed by atoms with Gasteiger partial charge in [-0.05, 0) is 42.0 Å². The Kier molecular flexibility index (Phi) is 2.84. The zero-order valence-electron chi connectivity index (χ0n) is 12.2. The summed E-state index contributed by atoms with van der Waals surface area (Å²) in [7, 11) is 0. The van der Waals surface area contributed by atoms with Gasteiger partial charge in [0, 0.05) is 34.3 Å². The molecule has 0 aromatic heterocycles. The van der Waals surface area contributed by atoms with E-state index in [-0.39, 0.29) is 5.75 Å². The maximum atomic E-state index is 9.54. The lowest BCUT2D eigenvalue weighted by atomic mass is 9.93. The van der Waals surface area contributed by atoms with Gasteiger partial charge in [0.15, 0.2) is 0 Å². The average molecular weight is 302 g/mol. The van der Waals surface area contributed by atoms with E-state index in [1.807, 2.05) is 30.3 Å². The summed E-state index contributed by atoms with van der Waals surface area (Å²) in [4.78, 5) is 0. The highest BCUT2D eigenvalue weighted by Gasteiger charge is 2.16. The summed E-state index contributed by atoms with van der Waals surface area (Å²) in [6.45, 7) is 0. The van der Waals surface area contributed by atoms with Gasteiger partial charge in [-0.2, -0.15) is 0 Å². The lowest BCUT2D eigenvalue weighted by molar-refractivity contribution is 0.475. The van der Waals surface area contributed by atoms with Crippen LogP contribution >= 0.6 is 0 Å². The molecule has 0 radical (unpaired) electrons. The van der Waals surface area contributed by atoms with Crippen LogP contribution in [0.15, 0.2) is 65.1 Å². The molecule has 4 nitrogen and oxygen atoms in total. The number of nitrogen functional groups attached to an aromatic ring is 1. The second kappa shape index (κ2) is 4.88. The topological polar surface area (TPSA) is 83.2 Å². The van der Waals surface area contributed by atoms with Gasteiger partial charge < -0.3 is 20.7 Å². The number of rotatable bonds is 1. The zero-order valence-corrected chi connectivity index (χ0v) is 12.2. The Morgan fingerprint density at radius 3 is 2.48 bits per heavy atom. The summed E-state index contributed by atoms with van der Waals surface area (Å²) < 4.78 is 5.94. The molecule has 0 fully saturated rings. The summed E-state index contributed by atoms with van der Waals surface area (Å²) in [6.07, 6.45) is 0. The van der Waals surface area contributed by atoms with Gasteiger partial charge >= 0.3 is 0 Å². The summed E-state index contributed by atoms with van der Waals surface area (Å²) in [5.74, 6) is 0.861. The first kappa shape index (κ1) is 13.4. The molecule has 0 saturated heterocycles. The zero-order chi connectivity index (χ0) is 16.0. The molecular formula is C19H14N2O2. The molecule has 23 heavy (non-hydrogen) atoms. The highest BCUT2D eigenvalue weighted by Crippen LogP contribution is 2.40. The molecule has 112 valence electrons. The van der Waals surface area contributed by atoms with Crippen LogP contribution < -0.4 is 11.1 Å². The number of benzene rings is 3. The third-order valence-electron chi connectivity index (χ3n) is 3.90. The van der Waals surface area contributed by atoms with Crippen LogP contribution in [-0.2, 0) is 0 Å². The molecule has 1 aliphatic carbocycles. The van der Waals surface area contributed by atoms with E-state index in [1.54, 1.807) is 30.3 Å². The minimum absolute atomic E-state index is 0.223. The number of nitrogens with one attached hydrogen (secondary N) is 1. The highest BCUT2D eigenvalue weighted by atomic mass is 16.3. The Hall–Kier alpha value is -3.27. The highest BCUT2D eigenvalue weighted by molar-refractivity contribution is 6.02. The van der Waals surface area contributed by atoms with E-state index < -0.39 is 0 Å². The fraction of sp³-hybridized carbons (Fsp3) is 0. The standard InChI is InChI=1S/C19H14N2O2/c20-12-3-7-15-17(9-12)23-18-10-13(21)4-8-16(18)19(15)11-1-5-14(22)6-2-11/h1-10,20,22H,21H2. The Morgan fingerprint density at radius 1 is 0.913 bits per heavy atom. The maximum absolute atomic E-state index is 9.54. The number of hydrogen-bond donors (Lipinski definition) is 3. The summed E-state index contributed by atoms with van der Waals surface area (Å²) in [6, 6.07) is 17.9. The van der Waals surface area contributed by atoms with E-state index in [4.69, 9.17) is 15.6 Å². The molecule has 2 aromatic rings. The van der Waals surface area contributed by atoms with Crippen molar-refractivity contribution in [2.75, 3.05) is 5.73 Å². The van der Waals surface area contributed by atoms with Crippen LogP contribution in [0, 0.1) is 5.41 Å². The smallest absolute Gasteiger partial charge is 0.137 e. The number of phenolic OH excluding ortho intramolecular Hbond substituents is 1. The predicted octanol–water partition coefficient (Wildman–Crippen LogP) is 3.97. The van der Waals surface area contributed by atoms with Crippen LogP contribution in [-0.4, -0.2) is 5.11 Å². The molecule has 4 N–H and O–H groups in total. The van der Waals surface area contributed by atoms with Gasteiger partial charge in [0.25, 0.3) is 0 Å². The van der Waals surface area contributed by atoms with Crippen LogP contribution in [0.2, 0.25) is 0 Å². The predicted molar refractivity (Wildman–Crippen MR) is 90.2 cm³/mol. The number of phenols is 1. The molecule has 2 aromatic carbocycles. The number of fused-ring (bicyclic) bond motifs is 2. The second-order valence-corrected chi connectivity index (χ2v) is 5.49. The van der Waals surface area contributed by atoms with Gasteiger partial charge in [-0.3, -0.25) is 0 Å². The Labute approximate surface area is 132 Å². The first-order valence-electron chi connectivity index (χ1n) is 7.22. The summed E-state index contributed by atoms with van der Waals surface area (Å²) >= 11 is 0. The largest absolute Gasteiger partial charge is 0.508 e. The SMILES string of the molecule is N=c1ccc2c(-c3ccc(O)cc3)c3ccc(N)cc3oc-2c1. The van der Waals surface area contributed by atoms with Crippen molar-refractivity contribution in [3.63, 3.8) is 0 Å². The average Bonchev–Trinajstić information content (AvgIpc) is 2.53. The summed E-state index contributed by atoms with van der Waals surface area (Å²) in [5.41, 5.74) is 10.1. The first-order chi connectivity index (χ1) is 11.1. The van der Waals surface area contributed by atoms with Crippen molar-refractivity contribution in [2.24, 2.45) is 0 Å². The van der Waals surface area contributed by atoms with Crippen LogP contribution in [0.5, 0.6) is 5.75 Å². The van der Waals surface area contributed by atoms with E-state index >= 15 is 0 Å². The third kappa shape index (κ3) is 2.21. The lowest BCUT2D eigenvalue weighted by Gasteiger charge is -2.15. The van der Waals surface area contributed by atoms with E-state index in [0.29, 0.717) is 22.4 Å². The van der Waals surface area contributed by atoms with Crippen molar-refractivity contribution >= 4 is 16.7 Å². The number of aromatic hydroxyl groups is 1. The number of hydrogen-bond acceptors (Lipinski definition) is 4. The van der Waals surface area contributed by atoms with Gasteiger partial charge in [-0.15, -0.1) is 0 Å². The molecule has 1 aliphatic heterocycles. The molecular weight excluding hydrogens is 288 g/mol. The summed E-state index contributed by atoms with van der Waals surface area (Å²) in [5, 5.41) is 18.7. The van der Waals surface area contributed by atoms with Crippen molar-refractivity contribution in [3.05, 3.63) is 66.0 Å². The van der Waals surface area contributed by atoms with Crippen molar-refractivity contribution < 1.29 is 9.52 Å². The molecule has 0 atom stereocenters. The van der Waals surface area contributed by atoms with Gasteiger partial charge in [0.2, 0.25) is 0 Å². The van der Waals surface area contributed by atoms with Crippen molar-refractivity contribution in [1.82, 2.24) is 0 Å². The Morgan fingerprint density at radius 2 is 1.70 bits per heavy atom. The molecule has 0 saturated carbocycles. The molecule has 2 aliphatic rings. The van der Waals surface area contributed by atoms with Gasteiger partial charge in [-0.1, -0.05) is 12.1 Å². The normalized spacial score (nSPS) is 11.1. The molecule has 0 bridgehead atoms. The Balaban J connectivity index is 2.17. The molecule has 1 heterocycles. The monoisotopic (exact) mass is 302 g/mol. The minimum Gasteiger partial charge on any atom is -0.508 e. The van der Waals surface area contributed by atoms with Gasteiger partial charge in [0.05, 0.1) is 5.36 Å². The van der Waals surface area contributed by atoms with Crippen LogP contribution in [0.1, 0.15) is 0 Å². The van der Waals surface area contributed by atoms with Crippen LogP contribution in [0.3, 0.4) is 0 Å². The third-order valence-corrected chi connectivity index (χ3v) is 3.90. The van der Waals surface area contributed by atoms with Crippen molar-refractivity contribution in [2.45, 2.75) is 0 Å². The van der Waals surface area contributed by atoms with Crippen molar-refractivity contribution in [1.29, 1.82) is 5.41 Å². The maximum Gasteiger partial charge on any atom is 0.137 e. The first-order valence-corrected chi connectivity index (χ1v) is 7.22. The molecule has 0 unspecified atom stereocenters. The van der Waals surface area contributed by atoms with Crippen LogP contribution in [0.4, 0.5) is 5.69 Å². The van der Waals surface area contributed by atoms with Gasteiger partial charge in [-0.25, -0.2) is 0 Å². The number of anilines is 1. The Bertz CT molecular complexity index is 1050. The second-order valence-electron chi connectivity index (χ2n) is 5.49. The van der Waals surface area contributed by atoms with E-state index in [2.05, 4.69) is 0 Å². The van der Waals surface area contributed by atoms with Crippen LogP contribution in [0.25, 0.3) is 33.4 Å². The fourth-order valence-electron chi connectivity index (χ4n) is 2.85. The van der Waals surface area contributed by atoms with E-state index in [9.17, 15) is 5.11 Å². The van der Waals surface area contributed by atoms with E-state index in [1.165, 1.54) is 0 Å².